The summed E-state index contributed by atoms with van der Waals surface area (Å²) in [5.74, 6) is -0.832. The lowest BCUT2D eigenvalue weighted by Gasteiger charge is -2.32. The van der Waals surface area contributed by atoms with Crippen LogP contribution in [0.1, 0.15) is 49.5 Å². The molecule has 0 unspecified atom stereocenters. The Labute approximate surface area is 168 Å². The second kappa shape index (κ2) is 8.89. The third-order valence-electron chi connectivity index (χ3n) is 4.34. The Hall–Kier alpha value is -3.17. The maximum absolute atomic E-state index is 12.1. The third kappa shape index (κ3) is 5.90. The quantitative estimate of drug-likeness (QED) is 0.267. The van der Waals surface area contributed by atoms with Gasteiger partial charge in [0.2, 0.25) is 0 Å². The monoisotopic (exact) mass is 406 g/mol. The van der Waals surface area contributed by atoms with Crippen LogP contribution in [0.5, 0.6) is 0 Å². The van der Waals surface area contributed by atoms with E-state index in [0.717, 1.165) is 7.11 Å². The number of rotatable bonds is 4. The smallest absolute Gasteiger partial charge is 0.410 e. The van der Waals surface area contributed by atoms with Gasteiger partial charge in [0.15, 0.2) is 0 Å². The zero-order valence-corrected chi connectivity index (χ0v) is 17.0. The van der Waals surface area contributed by atoms with Crippen molar-refractivity contribution in [2.45, 2.75) is 45.3 Å². The number of carbonyl (C=O) groups excluding carboxylic acids is 2. The van der Waals surface area contributed by atoms with Gasteiger partial charge in [0.05, 0.1) is 18.1 Å². The van der Waals surface area contributed by atoms with Gasteiger partial charge in [-0.15, -0.1) is 0 Å². The Morgan fingerprint density at radius 2 is 1.93 bits per heavy atom. The lowest BCUT2D eigenvalue weighted by Crippen LogP contribution is -2.42. The number of piperidine rings is 1. The number of ether oxygens (including phenoxy) is 2. The summed E-state index contributed by atoms with van der Waals surface area (Å²) in [5, 5.41) is 11.3. The second-order valence-corrected chi connectivity index (χ2v) is 7.72. The number of carbonyl (C=O) groups is 2. The highest BCUT2D eigenvalue weighted by molar-refractivity contribution is 5.98. The number of nitrogens with two attached hydrogens (primary N) is 1. The number of anilines is 1. The Morgan fingerprint density at radius 3 is 2.45 bits per heavy atom. The zero-order chi connectivity index (χ0) is 21.8. The first-order valence-corrected chi connectivity index (χ1v) is 9.19. The summed E-state index contributed by atoms with van der Waals surface area (Å²) in [5.41, 5.74) is 5.31. The number of likely N-dealkylation sites (tertiary alicyclic amines) is 1. The van der Waals surface area contributed by atoms with Gasteiger partial charge in [-0.1, -0.05) is 0 Å². The van der Waals surface area contributed by atoms with Crippen molar-refractivity contribution in [2.75, 3.05) is 25.9 Å². The van der Waals surface area contributed by atoms with E-state index in [1.165, 1.54) is 18.3 Å². The van der Waals surface area contributed by atoms with E-state index in [1.54, 1.807) is 4.90 Å². The van der Waals surface area contributed by atoms with Gasteiger partial charge in [0.25, 0.3) is 5.69 Å². The Kier molecular flexibility index (Phi) is 6.78. The molecule has 2 N–H and O–H groups in total. The van der Waals surface area contributed by atoms with Crippen LogP contribution in [0.25, 0.3) is 0 Å². The minimum Gasteiger partial charge on any atom is -0.465 e. The molecule has 0 spiro atoms. The Balaban J connectivity index is 2.07. The fourth-order valence-corrected chi connectivity index (χ4v) is 2.87. The number of hydrogen-bond donors (Lipinski definition) is 1. The number of aliphatic imine (C=N–C) groups is 1. The van der Waals surface area contributed by atoms with E-state index < -0.39 is 22.2 Å². The molecule has 0 atom stereocenters. The van der Waals surface area contributed by atoms with Crippen LogP contribution in [0.2, 0.25) is 0 Å². The molecule has 0 saturated carbocycles. The minimum atomic E-state index is -0.832. The van der Waals surface area contributed by atoms with Crippen molar-refractivity contribution < 1.29 is 24.0 Å². The van der Waals surface area contributed by atoms with Crippen LogP contribution in [0, 0.1) is 10.1 Å². The highest BCUT2D eigenvalue weighted by atomic mass is 16.6. The number of nitrogens with zero attached hydrogens (tertiary/aromatic N) is 3. The summed E-state index contributed by atoms with van der Waals surface area (Å²) in [6.45, 7) is 6.46. The third-order valence-corrected chi connectivity index (χ3v) is 4.34. The lowest BCUT2D eigenvalue weighted by molar-refractivity contribution is -0.385. The van der Waals surface area contributed by atoms with Crippen LogP contribution in [-0.2, 0) is 9.47 Å². The molecule has 10 heteroatoms. The van der Waals surface area contributed by atoms with E-state index >= 15 is 0 Å². The molecule has 158 valence electrons. The number of esters is 1. The Bertz CT molecular complexity index is 823. The van der Waals surface area contributed by atoms with Crippen molar-refractivity contribution in [3.05, 3.63) is 33.4 Å². The summed E-state index contributed by atoms with van der Waals surface area (Å²) in [4.78, 5) is 40.5. The van der Waals surface area contributed by atoms with E-state index in [-0.39, 0.29) is 23.4 Å². The van der Waals surface area contributed by atoms with Crippen molar-refractivity contribution in [3.63, 3.8) is 0 Å². The van der Waals surface area contributed by atoms with Gasteiger partial charge in [0, 0.05) is 36.6 Å². The first-order chi connectivity index (χ1) is 13.5. The highest BCUT2D eigenvalue weighted by Gasteiger charge is 2.27. The van der Waals surface area contributed by atoms with Crippen LogP contribution >= 0.6 is 0 Å². The van der Waals surface area contributed by atoms with E-state index in [2.05, 4.69) is 9.73 Å². The number of nitro groups is 1. The van der Waals surface area contributed by atoms with Crippen molar-refractivity contribution in [2.24, 2.45) is 4.99 Å². The summed E-state index contributed by atoms with van der Waals surface area (Å²) in [6.07, 6.45) is 2.39. The summed E-state index contributed by atoms with van der Waals surface area (Å²) in [7, 11) is 1.14. The van der Waals surface area contributed by atoms with Crippen LogP contribution in [0.3, 0.4) is 0 Å². The molecule has 1 aliphatic rings. The largest absolute Gasteiger partial charge is 0.465 e. The molecule has 1 saturated heterocycles. The van der Waals surface area contributed by atoms with Gasteiger partial charge in [-0.25, -0.2) is 9.59 Å². The fourth-order valence-electron chi connectivity index (χ4n) is 2.87. The standard InChI is InChI=1S/C19H26N4O6/c1-19(2,3)29-18(25)22-7-5-13(6-8-22)21-11-12-9-16(23(26)27)14(10-15(12)20)17(24)28-4/h9-11,13H,5-8,20H2,1-4H3. The number of hydrogen-bond acceptors (Lipinski definition) is 8. The topological polar surface area (TPSA) is 137 Å². The molecule has 29 heavy (non-hydrogen) atoms. The first kappa shape index (κ1) is 22.1. The molecule has 1 amide bonds. The predicted molar refractivity (Wildman–Crippen MR) is 107 cm³/mol. The van der Waals surface area contributed by atoms with Crippen molar-refractivity contribution >= 4 is 29.7 Å². The number of benzene rings is 1. The summed E-state index contributed by atoms with van der Waals surface area (Å²) < 4.78 is 9.92. The maximum Gasteiger partial charge on any atom is 0.410 e. The molecule has 1 aromatic rings. The summed E-state index contributed by atoms with van der Waals surface area (Å²) >= 11 is 0. The molecular formula is C19H26N4O6. The van der Waals surface area contributed by atoms with E-state index in [4.69, 9.17) is 10.5 Å². The normalized spacial score (nSPS) is 15.4. The first-order valence-electron chi connectivity index (χ1n) is 9.19. The highest BCUT2D eigenvalue weighted by Crippen LogP contribution is 2.26. The van der Waals surface area contributed by atoms with Crippen LogP contribution in [0.15, 0.2) is 17.1 Å². The SMILES string of the molecule is COC(=O)c1cc(N)c(C=NC2CCN(C(=O)OC(C)(C)C)CC2)cc1[N+](=O)[O-]. The molecule has 1 aliphatic heterocycles. The maximum atomic E-state index is 12.1. The number of nitro benzene ring substituents is 1. The Morgan fingerprint density at radius 1 is 1.31 bits per heavy atom. The van der Waals surface area contributed by atoms with E-state index in [9.17, 15) is 19.7 Å². The molecule has 1 heterocycles. The molecule has 2 rings (SSSR count). The molecule has 1 fully saturated rings. The lowest BCUT2D eigenvalue weighted by atomic mass is 10.0. The van der Waals surface area contributed by atoms with Crippen molar-refractivity contribution in [3.8, 4) is 0 Å². The van der Waals surface area contributed by atoms with Gasteiger partial charge >= 0.3 is 12.1 Å². The second-order valence-electron chi connectivity index (χ2n) is 7.72. The van der Waals surface area contributed by atoms with E-state index in [1.807, 2.05) is 20.8 Å². The zero-order valence-electron chi connectivity index (χ0n) is 17.0. The van der Waals surface area contributed by atoms with Gasteiger partial charge in [-0.2, -0.15) is 0 Å². The molecule has 10 nitrogen and oxygen atoms in total. The van der Waals surface area contributed by atoms with Gasteiger partial charge < -0.3 is 20.1 Å². The average Bonchev–Trinajstić information content (AvgIpc) is 2.65. The molecule has 0 bridgehead atoms. The van der Waals surface area contributed by atoms with Crippen LogP contribution < -0.4 is 5.73 Å². The number of methoxy groups -OCH3 is 1. The molecule has 0 aliphatic carbocycles. The van der Waals surface area contributed by atoms with Gasteiger partial charge in [0.1, 0.15) is 11.2 Å². The van der Waals surface area contributed by atoms with E-state index in [0.29, 0.717) is 31.5 Å². The minimum absolute atomic E-state index is 0.0487. The molecule has 0 radical (unpaired) electrons. The molecule has 0 aromatic heterocycles. The van der Waals surface area contributed by atoms with Gasteiger partial charge in [-0.05, 0) is 39.7 Å². The number of amides is 1. The van der Waals surface area contributed by atoms with Crippen LogP contribution in [-0.4, -0.2) is 59.9 Å². The van der Waals surface area contributed by atoms with Crippen LogP contribution in [0.4, 0.5) is 16.2 Å². The number of nitrogen functional groups attached to an aromatic ring is 1. The summed E-state index contributed by atoms with van der Waals surface area (Å²) in [6, 6.07) is 2.38. The fraction of sp³-hybridized carbons (Fsp3) is 0.526. The average molecular weight is 406 g/mol. The molecule has 1 aromatic carbocycles. The molecular weight excluding hydrogens is 380 g/mol. The van der Waals surface area contributed by atoms with Crippen molar-refractivity contribution in [1.82, 2.24) is 4.90 Å². The van der Waals surface area contributed by atoms with Crippen molar-refractivity contribution in [1.29, 1.82) is 0 Å². The van der Waals surface area contributed by atoms with Gasteiger partial charge in [-0.3, -0.25) is 15.1 Å². The predicted octanol–water partition coefficient (Wildman–Crippen LogP) is 2.78.